The Kier molecular flexibility index (Phi) is 5.28. The molecular formula is C8H15FN2O. The van der Waals surface area contributed by atoms with E-state index in [1.807, 2.05) is 19.0 Å². The van der Waals surface area contributed by atoms with Crippen LogP contribution in [0.2, 0.25) is 0 Å². The van der Waals surface area contributed by atoms with Crippen LogP contribution in [0.1, 0.15) is 6.42 Å². The lowest BCUT2D eigenvalue weighted by Crippen LogP contribution is -2.27. The molecule has 0 aliphatic heterocycles. The van der Waals surface area contributed by atoms with Crippen LogP contribution in [0.15, 0.2) is 12.4 Å². The van der Waals surface area contributed by atoms with Gasteiger partial charge in [0.05, 0.1) is 0 Å². The Labute approximate surface area is 72.2 Å². The lowest BCUT2D eigenvalue weighted by atomic mass is 10.4. The summed E-state index contributed by atoms with van der Waals surface area (Å²) in [6, 6.07) is 0. The van der Waals surface area contributed by atoms with Crippen molar-refractivity contribution in [1.29, 1.82) is 0 Å². The number of amides is 1. The number of nitrogens with one attached hydrogen (secondary N) is 1. The van der Waals surface area contributed by atoms with E-state index in [9.17, 15) is 9.18 Å². The fourth-order valence-corrected chi connectivity index (χ4v) is 0.693. The van der Waals surface area contributed by atoms with E-state index in [-0.39, 0.29) is 0 Å². The first-order valence-electron chi connectivity index (χ1n) is 3.81. The molecule has 0 rings (SSSR count). The Morgan fingerprint density at radius 3 is 2.58 bits per heavy atom. The van der Waals surface area contributed by atoms with Crippen LogP contribution >= 0.6 is 0 Å². The number of rotatable bonds is 5. The van der Waals surface area contributed by atoms with E-state index >= 15 is 0 Å². The number of halogens is 1. The maximum absolute atomic E-state index is 12.1. The molecule has 0 fully saturated rings. The zero-order valence-corrected chi connectivity index (χ0v) is 7.56. The van der Waals surface area contributed by atoms with Crippen molar-refractivity contribution in [3.05, 3.63) is 12.4 Å². The monoisotopic (exact) mass is 174 g/mol. The van der Waals surface area contributed by atoms with Gasteiger partial charge in [0.25, 0.3) is 5.91 Å². The van der Waals surface area contributed by atoms with E-state index in [2.05, 4.69) is 11.9 Å². The Morgan fingerprint density at radius 1 is 1.58 bits per heavy atom. The Morgan fingerprint density at radius 2 is 2.17 bits per heavy atom. The lowest BCUT2D eigenvalue weighted by molar-refractivity contribution is -0.118. The molecule has 0 aromatic rings. The standard InChI is InChI=1S/C8H15FN2O/c1-7(9)8(12)10-5-4-6-11(2)3/h1,4-6H2,2-3H3,(H,10,12). The third-order valence-electron chi connectivity index (χ3n) is 1.31. The molecule has 0 aromatic carbocycles. The maximum Gasteiger partial charge on any atom is 0.279 e. The average Bonchev–Trinajstić information content (AvgIpc) is 1.97. The van der Waals surface area contributed by atoms with Gasteiger partial charge in [0, 0.05) is 6.54 Å². The van der Waals surface area contributed by atoms with Crippen LogP contribution in [0.3, 0.4) is 0 Å². The topological polar surface area (TPSA) is 32.3 Å². The summed E-state index contributed by atoms with van der Waals surface area (Å²) < 4.78 is 12.1. The predicted octanol–water partition coefficient (Wildman–Crippen LogP) is 0.537. The molecule has 0 atom stereocenters. The van der Waals surface area contributed by atoms with Gasteiger partial charge >= 0.3 is 0 Å². The van der Waals surface area contributed by atoms with E-state index in [0.717, 1.165) is 13.0 Å². The van der Waals surface area contributed by atoms with Crippen molar-refractivity contribution < 1.29 is 9.18 Å². The first kappa shape index (κ1) is 11.1. The van der Waals surface area contributed by atoms with Gasteiger partial charge in [0.2, 0.25) is 0 Å². The molecule has 0 radical (unpaired) electrons. The molecule has 0 unspecified atom stereocenters. The van der Waals surface area contributed by atoms with Gasteiger partial charge in [-0.1, -0.05) is 6.58 Å². The molecule has 70 valence electrons. The first-order chi connectivity index (χ1) is 5.54. The molecule has 12 heavy (non-hydrogen) atoms. The zero-order valence-electron chi connectivity index (χ0n) is 7.56. The van der Waals surface area contributed by atoms with Gasteiger partial charge < -0.3 is 10.2 Å². The van der Waals surface area contributed by atoms with Gasteiger partial charge in [-0.2, -0.15) is 0 Å². The summed E-state index contributed by atoms with van der Waals surface area (Å²) in [6.07, 6.45) is 0.812. The number of hydrogen-bond acceptors (Lipinski definition) is 2. The fraction of sp³-hybridized carbons (Fsp3) is 0.625. The molecule has 0 aliphatic rings. The van der Waals surface area contributed by atoms with Crippen LogP contribution in [0.25, 0.3) is 0 Å². The van der Waals surface area contributed by atoms with Gasteiger partial charge in [-0.05, 0) is 27.1 Å². The quantitative estimate of drug-likeness (QED) is 0.487. The fourth-order valence-electron chi connectivity index (χ4n) is 0.693. The highest BCUT2D eigenvalue weighted by Crippen LogP contribution is 1.89. The molecule has 0 aromatic heterocycles. The van der Waals surface area contributed by atoms with Crippen molar-refractivity contribution in [1.82, 2.24) is 10.2 Å². The molecule has 0 aliphatic carbocycles. The number of hydrogen-bond donors (Lipinski definition) is 1. The van der Waals surface area contributed by atoms with Crippen LogP contribution in [0, 0.1) is 0 Å². The van der Waals surface area contributed by atoms with Crippen LogP contribution < -0.4 is 5.32 Å². The lowest BCUT2D eigenvalue weighted by Gasteiger charge is -2.08. The second-order valence-corrected chi connectivity index (χ2v) is 2.82. The highest BCUT2D eigenvalue weighted by atomic mass is 19.1. The summed E-state index contributed by atoms with van der Waals surface area (Å²) >= 11 is 0. The minimum absolute atomic E-state index is 0.486. The highest BCUT2D eigenvalue weighted by Gasteiger charge is 2.02. The molecule has 3 nitrogen and oxygen atoms in total. The van der Waals surface area contributed by atoms with Crippen LogP contribution in [-0.2, 0) is 4.79 Å². The average molecular weight is 174 g/mol. The smallest absolute Gasteiger partial charge is 0.279 e. The molecular weight excluding hydrogens is 159 g/mol. The van der Waals surface area contributed by atoms with Gasteiger partial charge in [-0.25, -0.2) is 4.39 Å². The molecule has 0 heterocycles. The van der Waals surface area contributed by atoms with Gasteiger partial charge in [0.15, 0.2) is 5.83 Å². The Hall–Kier alpha value is -0.900. The van der Waals surface area contributed by atoms with Crippen molar-refractivity contribution in [2.75, 3.05) is 27.2 Å². The Balaban J connectivity index is 3.32. The van der Waals surface area contributed by atoms with Crippen LogP contribution in [0.4, 0.5) is 4.39 Å². The highest BCUT2D eigenvalue weighted by molar-refractivity contribution is 5.90. The summed E-state index contributed by atoms with van der Waals surface area (Å²) in [4.78, 5) is 12.6. The predicted molar refractivity (Wildman–Crippen MR) is 46.4 cm³/mol. The third kappa shape index (κ3) is 5.85. The molecule has 0 spiro atoms. The van der Waals surface area contributed by atoms with Crippen LogP contribution in [-0.4, -0.2) is 38.0 Å². The van der Waals surface area contributed by atoms with E-state index in [4.69, 9.17) is 0 Å². The Bertz CT molecular complexity index is 168. The SMILES string of the molecule is C=C(F)C(=O)NCCCN(C)C. The number of nitrogens with zero attached hydrogens (tertiary/aromatic N) is 1. The van der Waals surface area contributed by atoms with E-state index in [1.165, 1.54) is 0 Å². The molecule has 1 amide bonds. The molecule has 4 heteroatoms. The normalized spacial score (nSPS) is 10.0. The van der Waals surface area contributed by atoms with Crippen molar-refractivity contribution in [2.45, 2.75) is 6.42 Å². The second kappa shape index (κ2) is 5.71. The summed E-state index contributed by atoms with van der Waals surface area (Å²) in [7, 11) is 3.88. The number of carbonyl (C=O) groups excluding carboxylic acids is 1. The van der Waals surface area contributed by atoms with Gasteiger partial charge in [-0.15, -0.1) is 0 Å². The first-order valence-corrected chi connectivity index (χ1v) is 3.81. The van der Waals surface area contributed by atoms with E-state index < -0.39 is 11.7 Å². The van der Waals surface area contributed by atoms with Crippen molar-refractivity contribution >= 4 is 5.91 Å². The summed E-state index contributed by atoms with van der Waals surface area (Å²) in [5.41, 5.74) is 0. The molecule has 1 N–H and O–H groups in total. The second-order valence-electron chi connectivity index (χ2n) is 2.82. The molecule has 0 saturated heterocycles. The summed E-state index contributed by atoms with van der Waals surface area (Å²) in [5.74, 6) is -1.64. The van der Waals surface area contributed by atoms with Crippen molar-refractivity contribution in [3.63, 3.8) is 0 Å². The van der Waals surface area contributed by atoms with Crippen molar-refractivity contribution in [3.8, 4) is 0 Å². The summed E-state index contributed by atoms with van der Waals surface area (Å²) in [5, 5.41) is 2.40. The minimum Gasteiger partial charge on any atom is -0.350 e. The van der Waals surface area contributed by atoms with Crippen molar-refractivity contribution in [2.24, 2.45) is 0 Å². The summed E-state index contributed by atoms with van der Waals surface area (Å²) in [6.45, 7) is 4.24. The molecule has 0 saturated carbocycles. The zero-order chi connectivity index (χ0) is 9.56. The van der Waals surface area contributed by atoms with Gasteiger partial charge in [-0.3, -0.25) is 4.79 Å². The van der Waals surface area contributed by atoms with E-state index in [0.29, 0.717) is 6.54 Å². The van der Waals surface area contributed by atoms with Crippen LogP contribution in [0.5, 0.6) is 0 Å². The van der Waals surface area contributed by atoms with Gasteiger partial charge in [0.1, 0.15) is 0 Å². The number of carbonyl (C=O) groups is 1. The molecule has 0 bridgehead atoms. The maximum atomic E-state index is 12.1. The third-order valence-corrected chi connectivity index (χ3v) is 1.31. The largest absolute Gasteiger partial charge is 0.350 e. The minimum atomic E-state index is -0.931. The van der Waals surface area contributed by atoms with E-state index in [1.54, 1.807) is 0 Å².